The Morgan fingerprint density at radius 2 is 2.00 bits per heavy atom. The number of benzene rings is 1. The topological polar surface area (TPSA) is 118 Å². The van der Waals surface area contributed by atoms with Gasteiger partial charge in [0.15, 0.2) is 0 Å². The van der Waals surface area contributed by atoms with Crippen LogP contribution in [0.25, 0.3) is 0 Å². The summed E-state index contributed by atoms with van der Waals surface area (Å²) in [7, 11) is 0. The van der Waals surface area contributed by atoms with Gasteiger partial charge in [-0.25, -0.2) is 0 Å². The van der Waals surface area contributed by atoms with Crippen LogP contribution in [0.15, 0.2) is 24.3 Å². The zero-order chi connectivity index (χ0) is 19.8. The highest BCUT2D eigenvalue weighted by molar-refractivity contribution is 5.75. The molecule has 1 amide bonds. The van der Waals surface area contributed by atoms with Crippen molar-refractivity contribution < 1.29 is 19.4 Å². The number of nitrogens with one attached hydrogen (secondary N) is 1. The van der Waals surface area contributed by atoms with Crippen molar-refractivity contribution in [2.24, 2.45) is 5.73 Å². The fraction of sp³-hybridized carbons (Fsp3) is 0.579. The van der Waals surface area contributed by atoms with Crippen molar-refractivity contribution in [3.05, 3.63) is 29.8 Å². The number of primary amides is 1. The van der Waals surface area contributed by atoms with Crippen molar-refractivity contribution in [3.63, 3.8) is 0 Å². The van der Waals surface area contributed by atoms with Crippen LogP contribution in [0.4, 0.5) is 0 Å². The molecule has 4 N–H and O–H groups in total. The first-order chi connectivity index (χ1) is 12.0. The first-order valence-corrected chi connectivity index (χ1v) is 8.52. The number of para-hydroxylation sites is 1. The minimum absolute atomic E-state index is 0.0124. The van der Waals surface area contributed by atoms with Gasteiger partial charge in [0.2, 0.25) is 5.91 Å². The van der Waals surface area contributed by atoms with Crippen molar-refractivity contribution >= 4 is 5.91 Å². The quantitative estimate of drug-likeness (QED) is 0.577. The van der Waals surface area contributed by atoms with Gasteiger partial charge < -0.3 is 25.6 Å². The Bertz CT molecular complexity index is 636. The summed E-state index contributed by atoms with van der Waals surface area (Å²) in [6.45, 7) is 8.06. The number of nitrogens with two attached hydrogens (primary N) is 1. The van der Waals surface area contributed by atoms with E-state index in [0.29, 0.717) is 11.3 Å². The average Bonchev–Trinajstić information content (AvgIpc) is 2.55. The second kappa shape index (κ2) is 9.53. The van der Waals surface area contributed by atoms with Crippen molar-refractivity contribution in [1.82, 2.24) is 5.32 Å². The lowest BCUT2D eigenvalue weighted by Gasteiger charge is -2.34. The summed E-state index contributed by atoms with van der Waals surface area (Å²) < 4.78 is 11.3. The summed E-state index contributed by atoms with van der Waals surface area (Å²) in [5.41, 5.74) is 4.68. The van der Waals surface area contributed by atoms with Gasteiger partial charge in [-0.3, -0.25) is 4.79 Å². The number of amides is 1. The summed E-state index contributed by atoms with van der Waals surface area (Å²) in [6.07, 6.45) is -0.753. The molecule has 0 bridgehead atoms. The maximum absolute atomic E-state index is 11.4. The molecule has 7 nitrogen and oxygen atoms in total. The monoisotopic (exact) mass is 363 g/mol. The lowest BCUT2D eigenvalue weighted by Crippen LogP contribution is -2.53. The highest BCUT2D eigenvalue weighted by atomic mass is 16.5. The lowest BCUT2D eigenvalue weighted by molar-refractivity contribution is -0.121. The van der Waals surface area contributed by atoms with Crippen LogP contribution in [-0.4, -0.2) is 48.0 Å². The van der Waals surface area contributed by atoms with Crippen LogP contribution in [0.3, 0.4) is 0 Å². The van der Waals surface area contributed by atoms with Crippen LogP contribution in [0, 0.1) is 11.3 Å². The van der Waals surface area contributed by atoms with E-state index >= 15 is 0 Å². The minimum Gasteiger partial charge on any atom is -0.489 e. The maximum Gasteiger partial charge on any atom is 0.219 e. The normalized spacial score (nSPS) is 14.9. The van der Waals surface area contributed by atoms with Gasteiger partial charge in [0.05, 0.1) is 17.8 Å². The molecule has 0 saturated heterocycles. The Morgan fingerprint density at radius 1 is 1.35 bits per heavy atom. The smallest absolute Gasteiger partial charge is 0.219 e. The van der Waals surface area contributed by atoms with Crippen molar-refractivity contribution in [1.29, 1.82) is 5.26 Å². The van der Waals surface area contributed by atoms with Gasteiger partial charge in [0.25, 0.3) is 0 Å². The number of hydrogen-bond acceptors (Lipinski definition) is 6. The van der Waals surface area contributed by atoms with Crippen LogP contribution >= 0.6 is 0 Å². The van der Waals surface area contributed by atoms with Crippen molar-refractivity contribution in [2.75, 3.05) is 19.8 Å². The number of ether oxygens (including phenoxy) is 2. The SMILES string of the molecule is CC(COC(C)(C)C)(CC(N)=O)NCC(O)COc1ccccc1C#N. The molecule has 2 atom stereocenters. The third-order valence-corrected chi connectivity index (χ3v) is 3.59. The van der Waals surface area contributed by atoms with Crippen molar-refractivity contribution in [3.8, 4) is 11.8 Å². The second-order valence-corrected chi connectivity index (χ2v) is 7.56. The summed E-state index contributed by atoms with van der Waals surface area (Å²) in [5.74, 6) is -0.0313. The molecule has 0 fully saturated rings. The zero-order valence-corrected chi connectivity index (χ0v) is 15.9. The molecule has 1 aromatic rings. The van der Waals surface area contributed by atoms with E-state index in [0.717, 1.165) is 0 Å². The van der Waals surface area contributed by atoms with Crippen LogP contribution in [0.5, 0.6) is 5.75 Å². The van der Waals surface area contributed by atoms with E-state index in [1.807, 2.05) is 33.8 Å². The maximum atomic E-state index is 11.4. The third-order valence-electron chi connectivity index (χ3n) is 3.59. The predicted octanol–water partition coefficient (Wildman–Crippen LogP) is 1.34. The summed E-state index contributed by atoms with van der Waals surface area (Å²) >= 11 is 0. The van der Waals surface area contributed by atoms with E-state index in [-0.39, 0.29) is 31.8 Å². The van der Waals surface area contributed by atoms with E-state index in [9.17, 15) is 9.90 Å². The molecule has 0 saturated carbocycles. The Labute approximate surface area is 155 Å². The molecule has 0 spiro atoms. The van der Waals surface area contributed by atoms with E-state index < -0.39 is 17.6 Å². The molecule has 1 rings (SSSR count). The van der Waals surface area contributed by atoms with Gasteiger partial charge in [0.1, 0.15) is 24.5 Å². The first-order valence-electron chi connectivity index (χ1n) is 8.52. The highest BCUT2D eigenvalue weighted by Crippen LogP contribution is 2.18. The molecule has 2 unspecified atom stereocenters. The van der Waals surface area contributed by atoms with E-state index in [1.54, 1.807) is 24.3 Å². The highest BCUT2D eigenvalue weighted by Gasteiger charge is 2.29. The molecular formula is C19H29N3O4. The number of carbonyl (C=O) groups is 1. The molecule has 0 aliphatic rings. The van der Waals surface area contributed by atoms with Crippen LogP contribution in [-0.2, 0) is 9.53 Å². The first kappa shape index (κ1) is 21.9. The molecule has 0 radical (unpaired) electrons. The van der Waals surface area contributed by atoms with E-state index in [4.69, 9.17) is 20.5 Å². The molecule has 1 aromatic carbocycles. The van der Waals surface area contributed by atoms with Crippen molar-refractivity contribution in [2.45, 2.75) is 51.4 Å². The molecular weight excluding hydrogens is 334 g/mol. The number of carbonyl (C=O) groups excluding carboxylic acids is 1. The number of nitrogens with zero attached hydrogens (tertiary/aromatic N) is 1. The molecule has 7 heteroatoms. The Morgan fingerprint density at radius 3 is 2.58 bits per heavy atom. The summed E-state index contributed by atoms with van der Waals surface area (Å²) in [5, 5.41) is 22.4. The number of hydrogen-bond donors (Lipinski definition) is 3. The standard InChI is InChI=1S/C19H29N3O4/c1-18(2,3)26-13-19(4,9-17(21)24)22-11-15(23)12-25-16-8-6-5-7-14(16)10-20/h5-8,15,22-23H,9,11-13H2,1-4H3,(H2,21,24). The summed E-state index contributed by atoms with van der Waals surface area (Å²) in [4.78, 5) is 11.4. The fourth-order valence-electron chi connectivity index (χ4n) is 2.22. The van der Waals surface area contributed by atoms with Gasteiger partial charge in [-0.2, -0.15) is 5.26 Å². The number of aliphatic hydroxyl groups is 1. The van der Waals surface area contributed by atoms with Crippen LogP contribution in [0.1, 0.15) is 39.7 Å². The van der Waals surface area contributed by atoms with Gasteiger partial charge in [-0.1, -0.05) is 12.1 Å². The minimum atomic E-state index is -0.830. The van der Waals surface area contributed by atoms with Gasteiger partial charge in [0, 0.05) is 18.5 Å². The number of aliphatic hydroxyl groups excluding tert-OH is 1. The molecule has 144 valence electrons. The second-order valence-electron chi connectivity index (χ2n) is 7.56. The van der Waals surface area contributed by atoms with E-state index in [1.165, 1.54) is 0 Å². The van der Waals surface area contributed by atoms with Gasteiger partial charge in [-0.15, -0.1) is 0 Å². The van der Waals surface area contributed by atoms with Crippen LogP contribution < -0.4 is 15.8 Å². The predicted molar refractivity (Wildman–Crippen MR) is 98.6 cm³/mol. The molecule has 0 heterocycles. The number of rotatable bonds is 10. The summed E-state index contributed by atoms with van der Waals surface area (Å²) in [6, 6.07) is 8.86. The molecule has 0 aliphatic carbocycles. The number of nitriles is 1. The van der Waals surface area contributed by atoms with E-state index in [2.05, 4.69) is 5.32 Å². The molecule has 26 heavy (non-hydrogen) atoms. The molecule has 0 aliphatic heterocycles. The lowest BCUT2D eigenvalue weighted by atomic mass is 9.97. The van der Waals surface area contributed by atoms with Gasteiger partial charge in [-0.05, 0) is 39.8 Å². The Balaban J connectivity index is 2.58. The third kappa shape index (κ3) is 8.30. The number of β-amino-alcohol motifs (C(OH)–C–C–N with tert-alkyl or cyclic N) is 1. The zero-order valence-electron chi connectivity index (χ0n) is 15.9. The Hall–Kier alpha value is -2.14. The van der Waals surface area contributed by atoms with Gasteiger partial charge >= 0.3 is 0 Å². The Kier molecular flexibility index (Phi) is 8.03. The fourth-order valence-corrected chi connectivity index (χ4v) is 2.22. The molecule has 0 aromatic heterocycles. The average molecular weight is 363 g/mol. The van der Waals surface area contributed by atoms with Crippen LogP contribution in [0.2, 0.25) is 0 Å². The largest absolute Gasteiger partial charge is 0.489 e.